The fraction of sp³-hybridized carbons (Fsp3) is 0. The van der Waals surface area contributed by atoms with Gasteiger partial charge in [0.15, 0.2) is 5.82 Å². The van der Waals surface area contributed by atoms with Gasteiger partial charge < -0.3 is 10.9 Å². The minimum atomic E-state index is -0.475. The zero-order valence-electron chi connectivity index (χ0n) is 5.63. The molecule has 0 saturated carbocycles. The molecule has 11 heavy (non-hydrogen) atoms. The molecule has 0 aliphatic rings. The fourth-order valence-electron chi connectivity index (χ4n) is 0.664. The van der Waals surface area contributed by atoms with Gasteiger partial charge in [0.1, 0.15) is 5.82 Å². The molecule has 60 valence electrons. The number of halogens is 1. The van der Waals surface area contributed by atoms with E-state index in [2.05, 4.69) is 15.8 Å². The molecule has 0 atom stereocenters. The summed E-state index contributed by atoms with van der Waals surface area (Å²) in [5.41, 5.74) is 4.81. The van der Waals surface area contributed by atoms with Crippen molar-refractivity contribution < 1.29 is 4.39 Å². The summed E-state index contributed by atoms with van der Waals surface area (Å²) in [4.78, 5) is 3.61. The van der Waals surface area contributed by atoms with E-state index < -0.39 is 5.82 Å². The van der Waals surface area contributed by atoms with Crippen LogP contribution in [0.25, 0.3) is 0 Å². The van der Waals surface area contributed by atoms with Gasteiger partial charge in [-0.3, -0.25) is 5.84 Å². The molecule has 0 saturated heterocycles. The number of aromatic nitrogens is 1. The Labute approximate surface area is 62.5 Å². The maximum Gasteiger partial charge on any atom is 0.165 e. The van der Waals surface area contributed by atoms with Crippen LogP contribution in [0.2, 0.25) is 0 Å². The summed E-state index contributed by atoms with van der Waals surface area (Å²) >= 11 is 0. The second-order valence-electron chi connectivity index (χ2n) is 1.84. The van der Waals surface area contributed by atoms with Crippen LogP contribution < -0.4 is 22.5 Å². The number of pyridine rings is 1. The number of nitrogens with zero attached hydrogens (tertiary/aromatic N) is 1. The number of nitrogen functional groups attached to an aromatic ring is 2. The lowest BCUT2D eigenvalue weighted by Crippen LogP contribution is -2.15. The highest BCUT2D eigenvalue weighted by atomic mass is 19.1. The molecule has 0 spiro atoms. The molecule has 1 rings (SSSR count). The number of nitrogens with one attached hydrogen (secondary N) is 2. The normalized spacial score (nSPS) is 9.36. The first-order valence-corrected chi connectivity index (χ1v) is 2.86. The van der Waals surface area contributed by atoms with Crippen LogP contribution in [0.3, 0.4) is 0 Å². The number of hydrogen-bond donors (Lipinski definition) is 4. The Hall–Kier alpha value is -1.40. The smallest absolute Gasteiger partial charge is 0.165 e. The Bertz CT molecular complexity index is 251. The van der Waals surface area contributed by atoms with Crippen molar-refractivity contribution in [3.8, 4) is 0 Å². The molecule has 0 aromatic carbocycles. The van der Waals surface area contributed by atoms with E-state index in [4.69, 9.17) is 11.7 Å². The van der Waals surface area contributed by atoms with E-state index in [1.165, 1.54) is 6.07 Å². The fourth-order valence-corrected chi connectivity index (χ4v) is 0.664. The Morgan fingerprint density at radius 2 is 2.09 bits per heavy atom. The molecule has 6 heteroatoms. The Balaban J connectivity index is 3.06. The van der Waals surface area contributed by atoms with Crippen LogP contribution in [0.5, 0.6) is 0 Å². The highest BCUT2D eigenvalue weighted by Gasteiger charge is 2.01. The van der Waals surface area contributed by atoms with Gasteiger partial charge in [0.25, 0.3) is 0 Å². The van der Waals surface area contributed by atoms with E-state index >= 15 is 0 Å². The van der Waals surface area contributed by atoms with E-state index in [1.807, 2.05) is 0 Å². The van der Waals surface area contributed by atoms with E-state index in [0.29, 0.717) is 11.5 Å². The van der Waals surface area contributed by atoms with Crippen molar-refractivity contribution in [2.45, 2.75) is 0 Å². The van der Waals surface area contributed by atoms with E-state index in [9.17, 15) is 4.39 Å². The molecule has 6 N–H and O–H groups in total. The molecule has 0 fully saturated rings. The Morgan fingerprint density at radius 1 is 1.36 bits per heavy atom. The van der Waals surface area contributed by atoms with Gasteiger partial charge in [0.05, 0.1) is 11.9 Å². The summed E-state index contributed by atoms with van der Waals surface area (Å²) < 4.78 is 12.4. The zero-order valence-corrected chi connectivity index (χ0v) is 5.63. The predicted octanol–water partition coefficient (Wildman–Crippen LogP) is -0.208. The highest BCUT2D eigenvalue weighted by molar-refractivity contribution is 5.62. The van der Waals surface area contributed by atoms with Crippen molar-refractivity contribution in [1.82, 2.24) is 4.98 Å². The minimum absolute atomic E-state index is 0.300. The zero-order chi connectivity index (χ0) is 8.27. The molecule has 0 radical (unpaired) electrons. The maximum atomic E-state index is 12.4. The van der Waals surface area contributed by atoms with Crippen LogP contribution in [0.15, 0.2) is 12.3 Å². The lowest BCUT2D eigenvalue weighted by molar-refractivity contribution is 0.622. The standard InChI is InChI=1S/C5H8FN5/c6-3-1-4(10-7)5(11-8)9-2-3/h1-2,10H,7-8H2,(H,9,11). The predicted molar refractivity (Wildman–Crippen MR) is 39.8 cm³/mol. The van der Waals surface area contributed by atoms with Crippen LogP contribution in [-0.4, -0.2) is 4.98 Å². The van der Waals surface area contributed by atoms with Gasteiger partial charge in [-0.05, 0) is 0 Å². The average Bonchev–Trinajstić information content (AvgIpc) is 2.04. The number of hydrazine groups is 2. The third-order valence-electron chi connectivity index (χ3n) is 1.15. The number of hydrogen-bond acceptors (Lipinski definition) is 5. The van der Waals surface area contributed by atoms with Crippen LogP contribution in [0, 0.1) is 5.82 Å². The lowest BCUT2D eigenvalue weighted by Gasteiger charge is -2.05. The van der Waals surface area contributed by atoms with Crippen LogP contribution in [0.4, 0.5) is 15.9 Å². The summed E-state index contributed by atoms with van der Waals surface area (Å²) in [6, 6.07) is 1.18. The quantitative estimate of drug-likeness (QED) is 0.352. The highest BCUT2D eigenvalue weighted by Crippen LogP contribution is 2.16. The summed E-state index contributed by atoms with van der Waals surface area (Å²) in [6.45, 7) is 0. The Kier molecular flexibility index (Phi) is 2.19. The van der Waals surface area contributed by atoms with Crippen molar-refractivity contribution in [1.29, 1.82) is 0 Å². The van der Waals surface area contributed by atoms with Crippen molar-refractivity contribution in [3.63, 3.8) is 0 Å². The van der Waals surface area contributed by atoms with Crippen LogP contribution in [0.1, 0.15) is 0 Å². The number of nitrogens with two attached hydrogens (primary N) is 2. The lowest BCUT2D eigenvalue weighted by atomic mass is 10.4. The molecule has 5 nitrogen and oxygen atoms in total. The summed E-state index contributed by atoms with van der Waals surface area (Å²) in [6.07, 6.45) is 1.04. The first-order chi connectivity index (χ1) is 5.27. The summed E-state index contributed by atoms with van der Waals surface area (Å²) in [5, 5.41) is 0. The van der Waals surface area contributed by atoms with Crippen molar-refractivity contribution >= 4 is 11.5 Å². The third-order valence-corrected chi connectivity index (χ3v) is 1.15. The van der Waals surface area contributed by atoms with Crippen molar-refractivity contribution in [3.05, 3.63) is 18.1 Å². The molecule has 0 bridgehead atoms. The van der Waals surface area contributed by atoms with Gasteiger partial charge in [0, 0.05) is 6.07 Å². The van der Waals surface area contributed by atoms with Gasteiger partial charge >= 0.3 is 0 Å². The molecule has 1 heterocycles. The van der Waals surface area contributed by atoms with Crippen LogP contribution >= 0.6 is 0 Å². The molecule has 0 amide bonds. The molecule has 0 unspecified atom stereocenters. The van der Waals surface area contributed by atoms with Gasteiger partial charge in [-0.1, -0.05) is 0 Å². The van der Waals surface area contributed by atoms with Gasteiger partial charge in [-0.15, -0.1) is 0 Å². The largest absolute Gasteiger partial charge is 0.321 e. The molecule has 1 aromatic heterocycles. The molecular weight excluding hydrogens is 149 g/mol. The number of rotatable bonds is 2. The number of anilines is 2. The van der Waals surface area contributed by atoms with Crippen molar-refractivity contribution in [2.75, 3.05) is 10.9 Å². The Morgan fingerprint density at radius 3 is 2.64 bits per heavy atom. The molecule has 0 aliphatic carbocycles. The van der Waals surface area contributed by atoms with E-state index in [1.54, 1.807) is 0 Å². The minimum Gasteiger partial charge on any atom is -0.321 e. The van der Waals surface area contributed by atoms with Crippen molar-refractivity contribution in [2.24, 2.45) is 11.7 Å². The maximum absolute atomic E-state index is 12.4. The van der Waals surface area contributed by atoms with Gasteiger partial charge in [0.2, 0.25) is 0 Å². The summed E-state index contributed by atoms with van der Waals surface area (Å²) in [5.74, 6) is 9.91. The second-order valence-corrected chi connectivity index (χ2v) is 1.84. The van der Waals surface area contributed by atoms with E-state index in [-0.39, 0.29) is 0 Å². The average molecular weight is 157 g/mol. The van der Waals surface area contributed by atoms with Gasteiger partial charge in [-0.25, -0.2) is 15.2 Å². The first kappa shape index (κ1) is 7.70. The molecule has 1 aromatic rings. The SMILES string of the molecule is NNc1cc(F)cnc1NN. The first-order valence-electron chi connectivity index (χ1n) is 2.86. The third kappa shape index (κ3) is 1.54. The monoisotopic (exact) mass is 157 g/mol. The van der Waals surface area contributed by atoms with Crippen LogP contribution in [-0.2, 0) is 0 Å². The molecular formula is C5H8FN5. The van der Waals surface area contributed by atoms with Gasteiger partial charge in [-0.2, -0.15) is 0 Å². The molecule has 0 aliphatic heterocycles. The topological polar surface area (TPSA) is 89.0 Å². The second kappa shape index (κ2) is 3.13. The van der Waals surface area contributed by atoms with E-state index in [0.717, 1.165) is 6.20 Å². The summed E-state index contributed by atoms with van der Waals surface area (Å²) in [7, 11) is 0.